The highest BCUT2D eigenvalue weighted by Crippen LogP contribution is 2.32. The molecule has 1 saturated heterocycles. The van der Waals surface area contributed by atoms with Crippen molar-refractivity contribution in [1.82, 2.24) is 9.88 Å². The number of fused-ring (bicyclic) bond motifs is 1. The molecule has 1 aliphatic heterocycles. The summed E-state index contributed by atoms with van der Waals surface area (Å²) in [7, 11) is 0. The fourth-order valence-corrected chi connectivity index (χ4v) is 4.07. The topological polar surface area (TPSA) is 53.4 Å². The summed E-state index contributed by atoms with van der Waals surface area (Å²) in [6.45, 7) is 4.14. The molecule has 1 fully saturated rings. The minimum absolute atomic E-state index is 0.309. The molecule has 1 atom stereocenters. The molecule has 0 aliphatic carbocycles. The lowest BCUT2D eigenvalue weighted by atomic mass is 9.93. The van der Waals surface area contributed by atoms with Crippen LogP contribution >= 0.6 is 11.3 Å². The SMILES string of the molecule is CC(c1nc2ccccc2s1)N1CCC(CC(=O)O)CC1. The van der Waals surface area contributed by atoms with E-state index >= 15 is 0 Å². The lowest BCUT2D eigenvalue weighted by Gasteiger charge is -2.34. The quantitative estimate of drug-likeness (QED) is 0.938. The molecule has 2 heterocycles. The fraction of sp³-hybridized carbons (Fsp3) is 0.500. The third-order valence-electron chi connectivity index (χ3n) is 4.33. The highest BCUT2D eigenvalue weighted by molar-refractivity contribution is 7.18. The van der Waals surface area contributed by atoms with Crippen LogP contribution in [0.2, 0.25) is 0 Å². The van der Waals surface area contributed by atoms with Crippen LogP contribution in [0.4, 0.5) is 0 Å². The van der Waals surface area contributed by atoms with Gasteiger partial charge in [-0.05, 0) is 50.9 Å². The fourth-order valence-electron chi connectivity index (χ4n) is 3.02. The Hall–Kier alpha value is -1.46. The van der Waals surface area contributed by atoms with Crippen molar-refractivity contribution in [3.63, 3.8) is 0 Å². The normalized spacial score (nSPS) is 18.9. The van der Waals surface area contributed by atoms with Crippen molar-refractivity contribution < 1.29 is 9.90 Å². The lowest BCUT2D eigenvalue weighted by molar-refractivity contribution is -0.138. The minimum atomic E-state index is -0.673. The zero-order valence-electron chi connectivity index (χ0n) is 12.2. The van der Waals surface area contributed by atoms with E-state index in [0.29, 0.717) is 18.4 Å². The van der Waals surface area contributed by atoms with Gasteiger partial charge in [0.1, 0.15) is 5.01 Å². The standard InChI is InChI=1S/C16H20N2O2S/c1-11(16-17-13-4-2-3-5-14(13)21-16)18-8-6-12(7-9-18)10-15(19)20/h2-5,11-12H,6-10H2,1H3,(H,19,20). The van der Waals surface area contributed by atoms with E-state index in [0.717, 1.165) is 36.5 Å². The summed E-state index contributed by atoms with van der Waals surface area (Å²) >= 11 is 1.76. The Bertz CT molecular complexity index is 599. The molecule has 112 valence electrons. The van der Waals surface area contributed by atoms with Gasteiger partial charge in [0.2, 0.25) is 0 Å². The van der Waals surface area contributed by atoms with Crippen LogP contribution in [0.5, 0.6) is 0 Å². The van der Waals surface area contributed by atoms with Gasteiger partial charge in [-0.15, -0.1) is 11.3 Å². The Balaban J connectivity index is 1.66. The zero-order valence-corrected chi connectivity index (χ0v) is 13.0. The number of hydrogen-bond acceptors (Lipinski definition) is 4. The van der Waals surface area contributed by atoms with Crippen LogP contribution in [0.1, 0.15) is 37.2 Å². The summed E-state index contributed by atoms with van der Waals surface area (Å²) in [4.78, 5) is 17.9. The zero-order chi connectivity index (χ0) is 14.8. The van der Waals surface area contributed by atoms with Gasteiger partial charge in [0.15, 0.2) is 0 Å². The van der Waals surface area contributed by atoms with Crippen molar-refractivity contribution in [2.45, 2.75) is 32.2 Å². The smallest absolute Gasteiger partial charge is 0.303 e. The number of benzene rings is 1. The summed E-state index contributed by atoms with van der Waals surface area (Å²) in [5.41, 5.74) is 1.07. The second-order valence-corrected chi connectivity index (χ2v) is 6.84. The third-order valence-corrected chi connectivity index (χ3v) is 5.53. The van der Waals surface area contributed by atoms with E-state index < -0.39 is 5.97 Å². The van der Waals surface area contributed by atoms with Gasteiger partial charge in [0.05, 0.1) is 16.3 Å². The highest BCUT2D eigenvalue weighted by atomic mass is 32.1. The van der Waals surface area contributed by atoms with Crippen molar-refractivity contribution in [2.24, 2.45) is 5.92 Å². The Morgan fingerprint density at radius 1 is 1.43 bits per heavy atom. The first-order valence-electron chi connectivity index (χ1n) is 7.45. The molecule has 1 N–H and O–H groups in total. The van der Waals surface area contributed by atoms with Crippen molar-refractivity contribution in [1.29, 1.82) is 0 Å². The Labute approximate surface area is 128 Å². The van der Waals surface area contributed by atoms with Gasteiger partial charge in [-0.3, -0.25) is 9.69 Å². The van der Waals surface area contributed by atoms with Crippen LogP contribution in [0.15, 0.2) is 24.3 Å². The first-order chi connectivity index (χ1) is 10.1. The number of likely N-dealkylation sites (tertiary alicyclic amines) is 1. The van der Waals surface area contributed by atoms with Crippen molar-refractivity contribution in [3.8, 4) is 0 Å². The van der Waals surface area contributed by atoms with Gasteiger partial charge in [-0.25, -0.2) is 4.98 Å². The molecule has 21 heavy (non-hydrogen) atoms. The number of piperidine rings is 1. The van der Waals surface area contributed by atoms with Crippen molar-refractivity contribution in [2.75, 3.05) is 13.1 Å². The number of thiazole rings is 1. The number of rotatable bonds is 4. The molecule has 0 amide bonds. The maximum atomic E-state index is 10.8. The number of aromatic nitrogens is 1. The van der Waals surface area contributed by atoms with Crippen LogP contribution in [-0.4, -0.2) is 34.0 Å². The van der Waals surface area contributed by atoms with E-state index in [9.17, 15) is 4.79 Å². The lowest BCUT2D eigenvalue weighted by Crippen LogP contribution is -2.36. The average molecular weight is 304 g/mol. The van der Waals surface area contributed by atoms with Gasteiger partial charge < -0.3 is 5.11 Å². The molecule has 2 aromatic rings. The molecular formula is C16H20N2O2S. The third kappa shape index (κ3) is 3.24. The number of hydrogen-bond donors (Lipinski definition) is 1. The van der Waals surface area contributed by atoms with Crippen LogP contribution < -0.4 is 0 Å². The highest BCUT2D eigenvalue weighted by Gasteiger charge is 2.26. The number of carbonyl (C=O) groups is 1. The summed E-state index contributed by atoms with van der Waals surface area (Å²) in [6.07, 6.45) is 2.26. The van der Waals surface area contributed by atoms with E-state index in [1.807, 2.05) is 12.1 Å². The second-order valence-electron chi connectivity index (χ2n) is 5.77. The maximum absolute atomic E-state index is 10.8. The summed E-state index contributed by atoms with van der Waals surface area (Å²) in [5.74, 6) is -0.339. The molecule has 0 spiro atoms. The molecule has 5 heteroatoms. The number of carboxylic acids is 1. The molecule has 1 aromatic carbocycles. The van der Waals surface area contributed by atoms with Gasteiger partial charge in [0.25, 0.3) is 0 Å². The number of aliphatic carboxylic acids is 1. The van der Waals surface area contributed by atoms with E-state index in [4.69, 9.17) is 10.1 Å². The first-order valence-corrected chi connectivity index (χ1v) is 8.26. The number of carboxylic acid groups (broad SMARTS) is 1. The number of nitrogens with zero attached hydrogens (tertiary/aromatic N) is 2. The molecule has 1 aromatic heterocycles. The van der Waals surface area contributed by atoms with E-state index in [2.05, 4.69) is 24.0 Å². The van der Waals surface area contributed by atoms with Gasteiger partial charge in [0, 0.05) is 6.42 Å². The van der Waals surface area contributed by atoms with Crippen molar-refractivity contribution in [3.05, 3.63) is 29.3 Å². The van der Waals surface area contributed by atoms with E-state index in [1.165, 1.54) is 4.70 Å². The molecule has 1 unspecified atom stereocenters. The first kappa shape index (κ1) is 14.5. The summed E-state index contributed by atoms with van der Waals surface area (Å²) in [6, 6.07) is 8.55. The number of para-hydroxylation sites is 1. The molecule has 0 saturated carbocycles. The van der Waals surface area contributed by atoms with E-state index in [1.54, 1.807) is 11.3 Å². The predicted molar refractivity (Wildman–Crippen MR) is 84.6 cm³/mol. The monoisotopic (exact) mass is 304 g/mol. The van der Waals surface area contributed by atoms with Gasteiger partial charge in [-0.1, -0.05) is 12.1 Å². The Morgan fingerprint density at radius 3 is 2.81 bits per heavy atom. The van der Waals surface area contributed by atoms with Crippen LogP contribution in [-0.2, 0) is 4.79 Å². The Kier molecular flexibility index (Phi) is 4.22. The predicted octanol–water partition coefficient (Wildman–Crippen LogP) is 3.54. The average Bonchev–Trinajstić information content (AvgIpc) is 2.90. The maximum Gasteiger partial charge on any atom is 0.303 e. The molecule has 3 rings (SSSR count). The van der Waals surface area contributed by atoms with E-state index in [-0.39, 0.29) is 0 Å². The van der Waals surface area contributed by atoms with Gasteiger partial charge >= 0.3 is 5.97 Å². The molecule has 4 nitrogen and oxygen atoms in total. The van der Waals surface area contributed by atoms with Crippen molar-refractivity contribution >= 4 is 27.5 Å². The molecule has 0 radical (unpaired) electrons. The van der Waals surface area contributed by atoms with Crippen LogP contribution in [0, 0.1) is 5.92 Å². The van der Waals surface area contributed by atoms with Gasteiger partial charge in [-0.2, -0.15) is 0 Å². The van der Waals surface area contributed by atoms with Crippen LogP contribution in [0.25, 0.3) is 10.2 Å². The second kappa shape index (κ2) is 6.12. The summed E-state index contributed by atoms with van der Waals surface area (Å²) < 4.78 is 1.24. The molecule has 1 aliphatic rings. The largest absolute Gasteiger partial charge is 0.481 e. The van der Waals surface area contributed by atoms with Crippen LogP contribution in [0.3, 0.4) is 0 Å². The molecular weight excluding hydrogens is 284 g/mol. The Morgan fingerprint density at radius 2 is 2.14 bits per heavy atom. The summed E-state index contributed by atoms with van der Waals surface area (Å²) in [5, 5.41) is 10.0. The minimum Gasteiger partial charge on any atom is -0.481 e. The molecule has 0 bridgehead atoms.